The highest BCUT2D eigenvalue weighted by Crippen LogP contribution is 2.30. The molecular weight excluding hydrogens is 260 g/mol. The zero-order chi connectivity index (χ0) is 14.6. The van der Waals surface area contributed by atoms with Gasteiger partial charge in [-0.2, -0.15) is 0 Å². The van der Waals surface area contributed by atoms with E-state index in [-0.39, 0.29) is 11.3 Å². The molecule has 0 aliphatic rings. The Morgan fingerprint density at radius 1 is 1.47 bits per heavy atom. The zero-order valence-electron chi connectivity index (χ0n) is 12.3. The zero-order valence-corrected chi connectivity index (χ0v) is 13.1. The Kier molecular flexibility index (Phi) is 5.20. The second kappa shape index (κ2) is 6.25. The molecule has 0 atom stereocenters. The minimum Gasteiger partial charge on any atom is -0.397 e. The first kappa shape index (κ1) is 15.8. The van der Waals surface area contributed by atoms with Gasteiger partial charge in [-0.05, 0) is 25.6 Å². The third-order valence-corrected chi connectivity index (χ3v) is 3.79. The van der Waals surface area contributed by atoms with Gasteiger partial charge in [0, 0.05) is 20.1 Å². The number of carbonyl (C=O) groups excluding carboxylic acids is 1. The van der Waals surface area contributed by atoms with E-state index in [1.54, 1.807) is 7.05 Å². The highest BCUT2D eigenvalue weighted by molar-refractivity contribution is 7.18. The molecule has 1 heterocycles. The average Bonchev–Trinajstić information content (AvgIpc) is 2.65. The standard InChI is InChI=1S/C13H24N4OS/c1-13(2,8-17(4)5)7-16-10-6-9(14)11(19-10)12(18)15-3/h6,16H,7-8,14H2,1-5H3,(H,15,18). The number of thiophene rings is 1. The fraction of sp³-hybridized carbons (Fsp3) is 0.615. The number of anilines is 2. The van der Waals surface area contributed by atoms with Crippen LogP contribution >= 0.6 is 11.3 Å². The predicted molar refractivity (Wildman–Crippen MR) is 82.9 cm³/mol. The van der Waals surface area contributed by atoms with Crippen molar-refractivity contribution in [3.63, 3.8) is 0 Å². The van der Waals surface area contributed by atoms with Crippen molar-refractivity contribution in [1.29, 1.82) is 0 Å². The molecule has 108 valence electrons. The SMILES string of the molecule is CNC(=O)c1sc(NCC(C)(C)CN(C)C)cc1N. The van der Waals surface area contributed by atoms with Crippen LogP contribution in [0, 0.1) is 5.41 Å². The molecule has 0 radical (unpaired) electrons. The number of nitrogen functional groups attached to an aromatic ring is 1. The van der Waals surface area contributed by atoms with E-state index in [4.69, 9.17) is 5.73 Å². The molecule has 0 saturated carbocycles. The van der Waals surface area contributed by atoms with Gasteiger partial charge in [-0.3, -0.25) is 4.79 Å². The Hall–Kier alpha value is -1.27. The van der Waals surface area contributed by atoms with Gasteiger partial charge in [0.1, 0.15) is 4.88 Å². The van der Waals surface area contributed by atoms with Crippen LogP contribution in [0.15, 0.2) is 6.07 Å². The predicted octanol–water partition coefficient (Wildman–Crippen LogP) is 1.69. The van der Waals surface area contributed by atoms with Gasteiger partial charge in [0.15, 0.2) is 0 Å². The van der Waals surface area contributed by atoms with Crippen LogP contribution in [0.25, 0.3) is 0 Å². The van der Waals surface area contributed by atoms with Crippen LogP contribution in [-0.2, 0) is 0 Å². The molecule has 0 bridgehead atoms. The molecule has 1 rings (SSSR count). The van der Waals surface area contributed by atoms with Crippen molar-refractivity contribution >= 4 is 27.9 Å². The highest BCUT2D eigenvalue weighted by atomic mass is 32.1. The molecule has 0 aromatic carbocycles. The summed E-state index contributed by atoms with van der Waals surface area (Å²) in [5, 5.41) is 6.89. The van der Waals surface area contributed by atoms with Crippen molar-refractivity contribution in [3.05, 3.63) is 10.9 Å². The van der Waals surface area contributed by atoms with Crippen molar-refractivity contribution in [2.24, 2.45) is 5.41 Å². The Labute approximate surface area is 119 Å². The van der Waals surface area contributed by atoms with Gasteiger partial charge in [-0.15, -0.1) is 11.3 Å². The average molecular weight is 284 g/mol. The quantitative estimate of drug-likeness (QED) is 0.743. The van der Waals surface area contributed by atoms with Crippen LogP contribution < -0.4 is 16.4 Å². The smallest absolute Gasteiger partial charge is 0.263 e. The van der Waals surface area contributed by atoms with Crippen molar-refractivity contribution in [3.8, 4) is 0 Å². The van der Waals surface area contributed by atoms with Crippen molar-refractivity contribution in [1.82, 2.24) is 10.2 Å². The van der Waals surface area contributed by atoms with E-state index >= 15 is 0 Å². The van der Waals surface area contributed by atoms with Crippen LogP contribution in [0.2, 0.25) is 0 Å². The number of hydrogen-bond donors (Lipinski definition) is 3. The summed E-state index contributed by atoms with van der Waals surface area (Å²) in [6, 6.07) is 1.82. The fourth-order valence-electron chi connectivity index (χ4n) is 2.02. The van der Waals surface area contributed by atoms with Crippen LogP contribution in [0.3, 0.4) is 0 Å². The van der Waals surface area contributed by atoms with Crippen LogP contribution in [-0.4, -0.2) is 45.0 Å². The molecule has 0 aliphatic carbocycles. The number of amides is 1. The lowest BCUT2D eigenvalue weighted by atomic mass is 9.93. The Bertz CT molecular complexity index is 440. The van der Waals surface area contributed by atoms with E-state index in [1.165, 1.54) is 11.3 Å². The molecule has 1 aromatic rings. The van der Waals surface area contributed by atoms with Gasteiger partial charge < -0.3 is 21.3 Å². The normalized spacial score (nSPS) is 11.7. The molecule has 0 spiro atoms. The minimum absolute atomic E-state index is 0.136. The molecule has 1 amide bonds. The lowest BCUT2D eigenvalue weighted by Crippen LogP contribution is -2.34. The van der Waals surface area contributed by atoms with E-state index in [0.29, 0.717) is 10.6 Å². The molecule has 0 saturated heterocycles. The number of nitrogens with one attached hydrogen (secondary N) is 2. The lowest BCUT2D eigenvalue weighted by molar-refractivity contribution is 0.0968. The summed E-state index contributed by atoms with van der Waals surface area (Å²) in [7, 11) is 5.73. The van der Waals surface area contributed by atoms with Crippen LogP contribution in [0.5, 0.6) is 0 Å². The van der Waals surface area contributed by atoms with E-state index < -0.39 is 0 Å². The summed E-state index contributed by atoms with van der Waals surface area (Å²) in [4.78, 5) is 14.3. The number of rotatable bonds is 6. The molecule has 0 unspecified atom stereocenters. The minimum atomic E-state index is -0.136. The van der Waals surface area contributed by atoms with Crippen molar-refractivity contribution < 1.29 is 4.79 Å². The van der Waals surface area contributed by atoms with Gasteiger partial charge in [0.25, 0.3) is 5.91 Å². The lowest BCUT2D eigenvalue weighted by Gasteiger charge is -2.28. The first-order valence-electron chi connectivity index (χ1n) is 6.25. The summed E-state index contributed by atoms with van der Waals surface area (Å²) in [6.07, 6.45) is 0. The van der Waals surface area contributed by atoms with Gasteiger partial charge >= 0.3 is 0 Å². The van der Waals surface area contributed by atoms with Gasteiger partial charge in [-0.1, -0.05) is 13.8 Å². The van der Waals surface area contributed by atoms with Gasteiger partial charge in [0.05, 0.1) is 10.7 Å². The summed E-state index contributed by atoms with van der Waals surface area (Å²) < 4.78 is 0. The molecule has 5 nitrogen and oxygen atoms in total. The van der Waals surface area contributed by atoms with E-state index in [1.807, 2.05) is 6.07 Å². The monoisotopic (exact) mass is 284 g/mol. The molecular formula is C13H24N4OS. The van der Waals surface area contributed by atoms with E-state index in [0.717, 1.165) is 18.1 Å². The van der Waals surface area contributed by atoms with E-state index in [2.05, 4.69) is 43.5 Å². The number of nitrogens with zero attached hydrogens (tertiary/aromatic N) is 1. The number of hydrogen-bond acceptors (Lipinski definition) is 5. The molecule has 4 N–H and O–H groups in total. The maximum absolute atomic E-state index is 11.6. The first-order chi connectivity index (χ1) is 8.75. The maximum Gasteiger partial charge on any atom is 0.263 e. The topological polar surface area (TPSA) is 70.4 Å². The third-order valence-electron chi connectivity index (χ3n) is 2.68. The fourth-order valence-corrected chi connectivity index (χ4v) is 2.94. The second-order valence-electron chi connectivity index (χ2n) is 5.73. The summed E-state index contributed by atoms with van der Waals surface area (Å²) in [5.74, 6) is -0.136. The molecule has 1 aromatic heterocycles. The van der Waals surface area contributed by atoms with Crippen molar-refractivity contribution in [2.75, 3.05) is 45.3 Å². The first-order valence-corrected chi connectivity index (χ1v) is 7.07. The Morgan fingerprint density at radius 3 is 2.63 bits per heavy atom. The summed E-state index contributed by atoms with van der Waals surface area (Å²) in [6.45, 7) is 6.23. The van der Waals surface area contributed by atoms with Crippen LogP contribution in [0.1, 0.15) is 23.5 Å². The van der Waals surface area contributed by atoms with Gasteiger partial charge in [-0.25, -0.2) is 0 Å². The second-order valence-corrected chi connectivity index (χ2v) is 6.78. The molecule has 0 fully saturated rings. The van der Waals surface area contributed by atoms with Gasteiger partial charge in [0.2, 0.25) is 0 Å². The summed E-state index contributed by atoms with van der Waals surface area (Å²) >= 11 is 1.39. The third kappa shape index (κ3) is 4.72. The summed E-state index contributed by atoms with van der Waals surface area (Å²) in [5.41, 5.74) is 6.51. The van der Waals surface area contributed by atoms with E-state index in [9.17, 15) is 4.79 Å². The number of carbonyl (C=O) groups is 1. The largest absolute Gasteiger partial charge is 0.397 e. The maximum atomic E-state index is 11.6. The Morgan fingerprint density at radius 2 is 2.11 bits per heavy atom. The van der Waals surface area contributed by atoms with Crippen molar-refractivity contribution in [2.45, 2.75) is 13.8 Å². The molecule has 19 heavy (non-hydrogen) atoms. The molecule has 0 aliphatic heterocycles. The highest BCUT2D eigenvalue weighted by Gasteiger charge is 2.20. The Balaban J connectivity index is 2.66. The van der Waals surface area contributed by atoms with Crippen LogP contribution in [0.4, 0.5) is 10.7 Å². The molecule has 6 heteroatoms. The number of nitrogens with two attached hydrogens (primary N) is 1.